The van der Waals surface area contributed by atoms with Gasteiger partial charge in [0, 0.05) is 0 Å². The molecule has 0 aromatic heterocycles. The van der Waals surface area contributed by atoms with Gasteiger partial charge in [-0.25, -0.2) is 0 Å². The maximum atomic E-state index is 2.21. The Kier molecular flexibility index (Phi) is 186. The predicted molar refractivity (Wildman–Crippen MR) is 42.5 cm³/mol. The first-order valence-electron chi connectivity index (χ1n) is 2.41. The van der Waals surface area contributed by atoms with Crippen molar-refractivity contribution < 1.29 is 11.0 Å². The molecule has 0 fully saturated rings. The molecule has 0 atom stereocenters. The average Bonchev–Trinajstić information content (AvgIpc) is 1.41. The molecule has 0 radical (unpaired) electrons. The van der Waals surface area contributed by atoms with Crippen molar-refractivity contribution in [3.63, 3.8) is 0 Å². The molecule has 4 heteroatoms. The van der Waals surface area contributed by atoms with E-state index in [4.69, 9.17) is 0 Å². The van der Waals surface area contributed by atoms with Crippen LogP contribution in [0.4, 0.5) is 0 Å². The Balaban J connectivity index is -0.0000000133. The summed E-state index contributed by atoms with van der Waals surface area (Å²) in [6, 6.07) is 0. The number of rotatable bonds is 2. The first kappa shape index (κ1) is 36.8. The van der Waals surface area contributed by atoms with Crippen LogP contribution in [0.1, 0.15) is 33.1 Å². The van der Waals surface area contributed by atoms with E-state index in [1.54, 1.807) is 0 Å². The van der Waals surface area contributed by atoms with Crippen molar-refractivity contribution in [3.05, 3.63) is 0 Å². The van der Waals surface area contributed by atoms with Gasteiger partial charge in [-0.05, 0) is 0 Å². The van der Waals surface area contributed by atoms with Crippen LogP contribution in [0.3, 0.4) is 0 Å². The molecule has 0 bridgehead atoms. The van der Waals surface area contributed by atoms with E-state index in [0.717, 1.165) is 0 Å². The Morgan fingerprint density at radius 1 is 0.778 bits per heavy atom. The lowest BCUT2D eigenvalue weighted by molar-refractivity contribution is 0.772. The second-order valence-electron chi connectivity index (χ2n) is 1.35. The van der Waals surface area contributed by atoms with Crippen molar-refractivity contribution in [2.45, 2.75) is 33.1 Å². The van der Waals surface area contributed by atoms with Gasteiger partial charge in [0.15, 0.2) is 0 Å². The molecule has 0 aromatic carbocycles. The van der Waals surface area contributed by atoms with Gasteiger partial charge in [-0.3, -0.25) is 0 Å². The largest absolute Gasteiger partial charge is 0.412 e. The highest BCUT2D eigenvalue weighted by atomic mass is 16.0. The monoisotopic (exact) mass is 142 g/mol. The summed E-state index contributed by atoms with van der Waals surface area (Å²) in [5.74, 6) is 0. The summed E-state index contributed by atoms with van der Waals surface area (Å²) in [4.78, 5) is 0. The first-order chi connectivity index (χ1) is 2.41. The van der Waals surface area contributed by atoms with Gasteiger partial charge < -0.3 is 23.3 Å². The van der Waals surface area contributed by atoms with Gasteiger partial charge in [0.2, 0.25) is 0 Å². The third-order valence-electron chi connectivity index (χ3n) is 0.707. The molecule has 64 valence electrons. The zero-order valence-corrected chi connectivity index (χ0v) is 6.54. The van der Waals surface area contributed by atoms with Gasteiger partial charge in [-0.1, -0.05) is 33.1 Å². The molecule has 4 nitrogen and oxygen atoms in total. The van der Waals surface area contributed by atoms with E-state index < -0.39 is 0 Å². The molecule has 0 heterocycles. The standard InChI is InChI=1S/C5H12.2H3N.2H2O/c1-3-5-4-2;;;;/h3-5H2,1-2H3;2*1H3;2*1H2. The molecule has 0 aliphatic rings. The Bertz CT molecular complexity index is 20.4. The third-order valence-corrected chi connectivity index (χ3v) is 0.707. The minimum Gasteiger partial charge on any atom is -0.412 e. The quantitative estimate of drug-likeness (QED) is 0.591. The van der Waals surface area contributed by atoms with Crippen LogP contribution in [-0.4, -0.2) is 11.0 Å². The SMILES string of the molecule is CCCCC.N.N.O.O. The van der Waals surface area contributed by atoms with Gasteiger partial charge in [-0.2, -0.15) is 0 Å². The zero-order valence-electron chi connectivity index (χ0n) is 6.54. The molecule has 0 spiro atoms. The van der Waals surface area contributed by atoms with Crippen LogP contribution in [-0.2, 0) is 0 Å². The summed E-state index contributed by atoms with van der Waals surface area (Å²) in [6.07, 6.45) is 4.08. The van der Waals surface area contributed by atoms with Crippen LogP contribution in [0.25, 0.3) is 0 Å². The Morgan fingerprint density at radius 2 is 1.00 bits per heavy atom. The molecule has 0 saturated heterocycles. The maximum Gasteiger partial charge on any atom is -0.0538 e. The lowest BCUT2D eigenvalue weighted by Crippen LogP contribution is -1.59. The molecule has 0 aliphatic carbocycles. The van der Waals surface area contributed by atoms with Crippen LogP contribution in [0.2, 0.25) is 0 Å². The summed E-state index contributed by atoms with van der Waals surface area (Å²) >= 11 is 0. The van der Waals surface area contributed by atoms with Crippen molar-refractivity contribution in [2.75, 3.05) is 0 Å². The lowest BCUT2D eigenvalue weighted by atomic mass is 10.3. The fourth-order valence-corrected chi connectivity index (χ4v) is 0.354. The molecule has 0 saturated carbocycles. The summed E-state index contributed by atoms with van der Waals surface area (Å²) in [5.41, 5.74) is 0. The highest BCUT2D eigenvalue weighted by Gasteiger charge is 1.68. The minimum absolute atomic E-state index is 0. The third kappa shape index (κ3) is 79.0. The zero-order chi connectivity index (χ0) is 4.12. The molecular weight excluding hydrogens is 120 g/mol. The number of hydrogen-bond donors (Lipinski definition) is 2. The molecule has 0 amide bonds. The van der Waals surface area contributed by atoms with E-state index >= 15 is 0 Å². The number of hydrogen-bond acceptors (Lipinski definition) is 2. The van der Waals surface area contributed by atoms with Gasteiger partial charge in [-0.15, -0.1) is 0 Å². The van der Waals surface area contributed by atoms with E-state index in [0.29, 0.717) is 0 Å². The summed E-state index contributed by atoms with van der Waals surface area (Å²) in [7, 11) is 0. The molecule has 0 aliphatic heterocycles. The fourth-order valence-electron chi connectivity index (χ4n) is 0.354. The Labute approximate surface area is 57.4 Å². The van der Waals surface area contributed by atoms with Crippen LogP contribution in [0.15, 0.2) is 0 Å². The van der Waals surface area contributed by atoms with Crippen LogP contribution in [0, 0.1) is 0 Å². The predicted octanol–water partition coefficient (Wildman–Crippen LogP) is 0.871. The fraction of sp³-hybridized carbons (Fsp3) is 1.00. The molecule has 0 rings (SSSR count). The van der Waals surface area contributed by atoms with Crippen LogP contribution in [0.5, 0.6) is 0 Å². The van der Waals surface area contributed by atoms with Gasteiger partial charge in [0.1, 0.15) is 0 Å². The first-order valence-corrected chi connectivity index (χ1v) is 2.41. The van der Waals surface area contributed by atoms with Crippen molar-refractivity contribution in [1.82, 2.24) is 12.3 Å². The molecule has 0 aromatic rings. The topological polar surface area (TPSA) is 133 Å². The highest BCUT2D eigenvalue weighted by molar-refractivity contribution is 4.24. The Morgan fingerprint density at radius 3 is 1.00 bits per heavy atom. The van der Waals surface area contributed by atoms with Crippen LogP contribution < -0.4 is 12.3 Å². The van der Waals surface area contributed by atoms with E-state index in [2.05, 4.69) is 13.8 Å². The van der Waals surface area contributed by atoms with Crippen molar-refractivity contribution in [3.8, 4) is 0 Å². The normalized spacial score (nSPS) is 4.67. The summed E-state index contributed by atoms with van der Waals surface area (Å²) < 4.78 is 0. The smallest absolute Gasteiger partial charge is 0.0538 e. The Hall–Kier alpha value is -0.160. The van der Waals surface area contributed by atoms with Crippen molar-refractivity contribution in [2.24, 2.45) is 0 Å². The molecule has 0 unspecified atom stereocenters. The average molecular weight is 142 g/mol. The molecule has 10 N–H and O–H groups in total. The molecule has 9 heavy (non-hydrogen) atoms. The highest BCUT2D eigenvalue weighted by Crippen LogP contribution is 1.88. The van der Waals surface area contributed by atoms with Crippen LogP contribution >= 0.6 is 0 Å². The summed E-state index contributed by atoms with van der Waals surface area (Å²) in [6.45, 7) is 4.42. The second kappa shape index (κ2) is 45.5. The van der Waals surface area contributed by atoms with Gasteiger partial charge in [0.05, 0.1) is 0 Å². The molecular formula is C5H22N2O2. The second-order valence-corrected chi connectivity index (χ2v) is 1.35. The van der Waals surface area contributed by atoms with Crippen molar-refractivity contribution in [1.29, 1.82) is 0 Å². The summed E-state index contributed by atoms with van der Waals surface area (Å²) in [5, 5.41) is 0. The maximum absolute atomic E-state index is 2.21. The van der Waals surface area contributed by atoms with Gasteiger partial charge >= 0.3 is 0 Å². The van der Waals surface area contributed by atoms with Crippen molar-refractivity contribution >= 4 is 0 Å². The van der Waals surface area contributed by atoms with E-state index in [9.17, 15) is 0 Å². The minimum atomic E-state index is 0. The van der Waals surface area contributed by atoms with E-state index in [-0.39, 0.29) is 23.3 Å². The number of unbranched alkanes of at least 4 members (excludes halogenated alkanes) is 2. The lowest BCUT2D eigenvalue weighted by Gasteiger charge is -1.79. The van der Waals surface area contributed by atoms with E-state index in [1.165, 1.54) is 19.3 Å². The van der Waals surface area contributed by atoms with Gasteiger partial charge in [0.25, 0.3) is 0 Å². The van der Waals surface area contributed by atoms with E-state index in [1.807, 2.05) is 0 Å².